The average Bonchev–Trinajstić information content (AvgIpc) is 2.92. The molecule has 1 N–H and O–H groups in total. The molecule has 1 aliphatic carbocycles. The van der Waals surface area contributed by atoms with Crippen LogP contribution >= 0.6 is 23.1 Å². The standard InChI is InChI=1S/C19H29N3O2S2/c1-19(2,24)12-25-18-20-16-15(13-8-5-6-9-14(13)26-16)17(23)22(18)11-7-10-21(3)4/h24H,5-12H2,1-4H3. The van der Waals surface area contributed by atoms with Crippen molar-refractivity contribution in [2.45, 2.75) is 63.3 Å². The lowest BCUT2D eigenvalue weighted by molar-refractivity contribution is 0.107. The molecule has 0 spiro atoms. The predicted octanol–water partition coefficient (Wildman–Crippen LogP) is 3.15. The van der Waals surface area contributed by atoms with Gasteiger partial charge in [-0.1, -0.05) is 11.8 Å². The van der Waals surface area contributed by atoms with Gasteiger partial charge < -0.3 is 10.0 Å². The van der Waals surface area contributed by atoms with E-state index in [0.717, 1.165) is 47.6 Å². The number of hydrogen-bond donors (Lipinski definition) is 1. The second-order valence-electron chi connectivity index (χ2n) is 8.00. The molecule has 0 radical (unpaired) electrons. The zero-order chi connectivity index (χ0) is 18.9. The zero-order valence-corrected chi connectivity index (χ0v) is 17.8. The highest BCUT2D eigenvalue weighted by Crippen LogP contribution is 2.35. The fraction of sp³-hybridized carbons (Fsp3) is 0.684. The molecule has 1 aliphatic rings. The van der Waals surface area contributed by atoms with E-state index >= 15 is 0 Å². The van der Waals surface area contributed by atoms with E-state index in [4.69, 9.17) is 4.98 Å². The zero-order valence-electron chi connectivity index (χ0n) is 16.2. The second-order valence-corrected chi connectivity index (χ2v) is 10.0. The summed E-state index contributed by atoms with van der Waals surface area (Å²) in [6.07, 6.45) is 5.34. The fourth-order valence-electron chi connectivity index (χ4n) is 3.31. The first kappa shape index (κ1) is 19.9. The summed E-state index contributed by atoms with van der Waals surface area (Å²) in [5, 5.41) is 11.7. The summed E-state index contributed by atoms with van der Waals surface area (Å²) in [5.74, 6) is 0.518. The van der Waals surface area contributed by atoms with Crippen LogP contribution in [-0.4, -0.2) is 51.6 Å². The molecule has 144 valence electrons. The Hall–Kier alpha value is -0.890. The molecule has 0 fully saturated rings. The molecule has 0 saturated heterocycles. The van der Waals surface area contributed by atoms with Crippen LogP contribution < -0.4 is 5.56 Å². The van der Waals surface area contributed by atoms with Gasteiger partial charge in [0.2, 0.25) is 0 Å². The van der Waals surface area contributed by atoms with Crippen LogP contribution in [0.25, 0.3) is 10.2 Å². The van der Waals surface area contributed by atoms with E-state index in [0.29, 0.717) is 12.3 Å². The molecule has 7 heteroatoms. The van der Waals surface area contributed by atoms with E-state index in [2.05, 4.69) is 4.90 Å². The van der Waals surface area contributed by atoms with Crippen LogP contribution in [0, 0.1) is 0 Å². The highest BCUT2D eigenvalue weighted by Gasteiger charge is 2.23. The van der Waals surface area contributed by atoms with E-state index in [1.54, 1.807) is 25.2 Å². The summed E-state index contributed by atoms with van der Waals surface area (Å²) in [6.45, 7) is 5.17. The highest BCUT2D eigenvalue weighted by atomic mass is 32.2. The maximum Gasteiger partial charge on any atom is 0.263 e. The van der Waals surface area contributed by atoms with Gasteiger partial charge in [0.15, 0.2) is 5.16 Å². The third-order valence-corrected chi connectivity index (χ3v) is 7.19. The molecule has 0 bridgehead atoms. The minimum absolute atomic E-state index is 0.103. The Morgan fingerprint density at radius 3 is 2.73 bits per heavy atom. The van der Waals surface area contributed by atoms with Gasteiger partial charge in [0.25, 0.3) is 5.56 Å². The summed E-state index contributed by atoms with van der Waals surface area (Å²) >= 11 is 3.17. The van der Waals surface area contributed by atoms with E-state index in [1.165, 1.54) is 28.6 Å². The third kappa shape index (κ3) is 4.50. The minimum atomic E-state index is -0.791. The lowest BCUT2D eigenvalue weighted by atomic mass is 9.97. The first-order valence-corrected chi connectivity index (χ1v) is 11.1. The maximum atomic E-state index is 13.3. The van der Waals surface area contributed by atoms with Crippen LogP contribution in [0.3, 0.4) is 0 Å². The van der Waals surface area contributed by atoms with Crippen molar-refractivity contribution >= 4 is 33.3 Å². The van der Waals surface area contributed by atoms with Crippen molar-refractivity contribution in [2.24, 2.45) is 0 Å². The summed E-state index contributed by atoms with van der Waals surface area (Å²) in [7, 11) is 4.09. The first-order chi connectivity index (χ1) is 12.3. The number of thioether (sulfide) groups is 1. The maximum absolute atomic E-state index is 13.3. The van der Waals surface area contributed by atoms with Crippen molar-refractivity contribution < 1.29 is 5.11 Å². The molecule has 2 heterocycles. The molecule has 0 aromatic carbocycles. The molecule has 0 unspecified atom stereocenters. The van der Waals surface area contributed by atoms with Crippen molar-refractivity contribution in [3.63, 3.8) is 0 Å². The number of aliphatic hydroxyl groups is 1. The number of aromatic nitrogens is 2. The first-order valence-electron chi connectivity index (χ1n) is 9.31. The highest BCUT2D eigenvalue weighted by molar-refractivity contribution is 7.99. The smallest absolute Gasteiger partial charge is 0.263 e. The van der Waals surface area contributed by atoms with Gasteiger partial charge in [-0.3, -0.25) is 9.36 Å². The van der Waals surface area contributed by atoms with Gasteiger partial charge >= 0.3 is 0 Å². The molecule has 5 nitrogen and oxygen atoms in total. The summed E-state index contributed by atoms with van der Waals surface area (Å²) < 4.78 is 1.84. The summed E-state index contributed by atoms with van der Waals surface area (Å²) in [4.78, 5) is 22.5. The van der Waals surface area contributed by atoms with Crippen molar-refractivity contribution in [3.05, 3.63) is 20.8 Å². The number of rotatable bonds is 7. The molecule has 3 rings (SSSR count). The molecule has 0 saturated carbocycles. The number of aryl methyl sites for hydroxylation is 2. The molecule has 2 aromatic rings. The van der Waals surface area contributed by atoms with Crippen LogP contribution in [-0.2, 0) is 19.4 Å². The van der Waals surface area contributed by atoms with Crippen LogP contribution in [0.5, 0.6) is 0 Å². The fourth-order valence-corrected chi connectivity index (χ4v) is 5.59. The quantitative estimate of drug-likeness (QED) is 0.576. The number of thiophene rings is 1. The van der Waals surface area contributed by atoms with Crippen molar-refractivity contribution in [1.82, 2.24) is 14.5 Å². The Bertz CT molecular complexity index is 834. The molecular formula is C19H29N3O2S2. The van der Waals surface area contributed by atoms with E-state index < -0.39 is 5.60 Å². The van der Waals surface area contributed by atoms with Gasteiger partial charge in [0, 0.05) is 17.2 Å². The number of hydrogen-bond acceptors (Lipinski definition) is 6. The Morgan fingerprint density at radius 1 is 1.31 bits per heavy atom. The lowest BCUT2D eigenvalue weighted by Gasteiger charge is -2.18. The molecule has 26 heavy (non-hydrogen) atoms. The summed E-state index contributed by atoms with van der Waals surface area (Å²) in [5.41, 5.74) is 0.557. The monoisotopic (exact) mass is 395 g/mol. The molecule has 0 atom stereocenters. The largest absolute Gasteiger partial charge is 0.390 e. The lowest BCUT2D eigenvalue weighted by Crippen LogP contribution is -2.27. The van der Waals surface area contributed by atoms with Crippen molar-refractivity contribution in [3.8, 4) is 0 Å². The second kappa shape index (κ2) is 8.00. The summed E-state index contributed by atoms with van der Waals surface area (Å²) in [6, 6.07) is 0. The van der Waals surface area contributed by atoms with E-state index in [1.807, 2.05) is 18.7 Å². The molecule has 0 aliphatic heterocycles. The van der Waals surface area contributed by atoms with Crippen LogP contribution in [0.15, 0.2) is 9.95 Å². The van der Waals surface area contributed by atoms with Crippen LogP contribution in [0.4, 0.5) is 0 Å². The third-order valence-electron chi connectivity index (χ3n) is 4.58. The Labute approximate surface area is 163 Å². The van der Waals surface area contributed by atoms with E-state index in [-0.39, 0.29) is 5.56 Å². The number of fused-ring (bicyclic) bond motifs is 3. The SMILES string of the molecule is CN(C)CCCn1c(SCC(C)(C)O)nc2sc3c(c2c1=O)CCCC3. The van der Waals surface area contributed by atoms with Gasteiger partial charge in [-0.05, 0) is 72.2 Å². The predicted molar refractivity (Wildman–Crippen MR) is 111 cm³/mol. The van der Waals surface area contributed by atoms with Crippen LogP contribution in [0.2, 0.25) is 0 Å². The minimum Gasteiger partial charge on any atom is -0.390 e. The van der Waals surface area contributed by atoms with Crippen molar-refractivity contribution in [2.75, 3.05) is 26.4 Å². The van der Waals surface area contributed by atoms with Crippen LogP contribution in [0.1, 0.15) is 43.6 Å². The van der Waals surface area contributed by atoms with E-state index in [9.17, 15) is 9.90 Å². The molecule has 0 amide bonds. The number of nitrogens with zero attached hydrogens (tertiary/aromatic N) is 3. The Morgan fingerprint density at radius 2 is 2.04 bits per heavy atom. The topological polar surface area (TPSA) is 58.4 Å². The normalized spacial score (nSPS) is 15.0. The Kier molecular flexibility index (Phi) is 6.11. The Balaban J connectivity index is 2.02. The van der Waals surface area contributed by atoms with Gasteiger partial charge in [0.1, 0.15) is 4.83 Å². The van der Waals surface area contributed by atoms with Crippen molar-refractivity contribution in [1.29, 1.82) is 0 Å². The van der Waals surface area contributed by atoms with Gasteiger partial charge in [-0.2, -0.15) is 0 Å². The van der Waals surface area contributed by atoms with Gasteiger partial charge in [-0.25, -0.2) is 4.98 Å². The molecular weight excluding hydrogens is 366 g/mol. The van der Waals surface area contributed by atoms with Gasteiger partial charge in [0.05, 0.1) is 11.0 Å². The van der Waals surface area contributed by atoms with Gasteiger partial charge in [-0.15, -0.1) is 11.3 Å². The molecule has 2 aromatic heterocycles. The average molecular weight is 396 g/mol.